The van der Waals surface area contributed by atoms with E-state index in [-0.39, 0.29) is 18.1 Å². The van der Waals surface area contributed by atoms with Crippen molar-refractivity contribution < 1.29 is 14.3 Å². The van der Waals surface area contributed by atoms with Crippen LogP contribution in [0, 0.1) is 5.92 Å². The highest BCUT2D eigenvalue weighted by molar-refractivity contribution is 5.76. The van der Waals surface area contributed by atoms with Crippen LogP contribution in [0.3, 0.4) is 0 Å². The summed E-state index contributed by atoms with van der Waals surface area (Å²) in [7, 11) is 1.44. The largest absolute Gasteiger partial charge is 0.468 e. The Kier molecular flexibility index (Phi) is 5.05. The third-order valence-electron chi connectivity index (χ3n) is 2.62. The molecule has 2 atom stereocenters. The Morgan fingerprint density at radius 3 is 2.67 bits per heavy atom. The maximum absolute atomic E-state index is 11.4. The molecule has 2 unspecified atom stereocenters. The highest BCUT2D eigenvalue weighted by Gasteiger charge is 2.36. The second-order valence-electron chi connectivity index (χ2n) is 4.01. The van der Waals surface area contributed by atoms with Crippen LogP contribution < -0.4 is 5.32 Å². The highest BCUT2D eigenvalue weighted by Crippen LogP contribution is 2.33. The molecule has 0 aromatic heterocycles. The maximum Gasteiger partial charge on any atom is 0.323 e. The molecule has 1 saturated carbocycles. The maximum atomic E-state index is 11.4. The number of nitrogens with one attached hydrogen (secondary N) is 1. The predicted octanol–water partition coefficient (Wildman–Crippen LogP) is 0.953. The monoisotopic (exact) mass is 215 g/mol. The molecule has 0 radical (unpaired) electrons. The molecule has 0 aromatic carbocycles. The summed E-state index contributed by atoms with van der Waals surface area (Å²) in [5, 5.41) is 3.22. The Morgan fingerprint density at radius 2 is 2.20 bits per heavy atom. The predicted molar refractivity (Wildman–Crippen MR) is 57.6 cm³/mol. The van der Waals surface area contributed by atoms with E-state index in [9.17, 15) is 4.79 Å². The minimum absolute atomic E-state index is 0.140. The first-order valence-corrected chi connectivity index (χ1v) is 5.61. The fourth-order valence-corrected chi connectivity index (χ4v) is 1.64. The van der Waals surface area contributed by atoms with Gasteiger partial charge >= 0.3 is 5.97 Å². The molecular formula is C11H21NO3. The molecule has 4 nitrogen and oxygen atoms in total. The fraction of sp³-hybridized carbons (Fsp3) is 0.909. The SMILES string of the molecule is CCOC(C)CNC(C(=O)OC)C1CC1. The zero-order chi connectivity index (χ0) is 11.3. The molecule has 1 aliphatic rings. The van der Waals surface area contributed by atoms with Gasteiger partial charge in [-0.2, -0.15) is 0 Å². The van der Waals surface area contributed by atoms with Crippen LogP contribution >= 0.6 is 0 Å². The molecule has 1 N–H and O–H groups in total. The first-order chi connectivity index (χ1) is 7.19. The fourth-order valence-electron chi connectivity index (χ4n) is 1.64. The Hall–Kier alpha value is -0.610. The van der Waals surface area contributed by atoms with Crippen molar-refractivity contribution in [1.29, 1.82) is 0 Å². The van der Waals surface area contributed by atoms with Gasteiger partial charge in [0.05, 0.1) is 13.2 Å². The molecular weight excluding hydrogens is 194 g/mol. The number of methoxy groups -OCH3 is 1. The zero-order valence-electron chi connectivity index (χ0n) is 9.79. The van der Waals surface area contributed by atoms with E-state index >= 15 is 0 Å². The molecule has 1 rings (SSSR count). The summed E-state index contributed by atoms with van der Waals surface area (Å²) < 4.78 is 10.2. The third-order valence-corrected chi connectivity index (χ3v) is 2.62. The molecule has 0 bridgehead atoms. The molecule has 0 aliphatic heterocycles. The average molecular weight is 215 g/mol. The van der Waals surface area contributed by atoms with Crippen molar-refractivity contribution in [2.45, 2.75) is 38.8 Å². The number of esters is 1. The lowest BCUT2D eigenvalue weighted by atomic mass is 10.2. The molecule has 15 heavy (non-hydrogen) atoms. The molecule has 0 saturated heterocycles. The van der Waals surface area contributed by atoms with Gasteiger partial charge in [-0.25, -0.2) is 0 Å². The van der Waals surface area contributed by atoms with E-state index in [0.717, 1.165) is 12.8 Å². The molecule has 1 fully saturated rings. The first-order valence-electron chi connectivity index (χ1n) is 5.61. The van der Waals surface area contributed by atoms with Crippen molar-refractivity contribution in [3.8, 4) is 0 Å². The molecule has 0 amide bonds. The summed E-state index contributed by atoms with van der Waals surface area (Å²) in [6.45, 7) is 5.37. The molecule has 0 spiro atoms. The lowest BCUT2D eigenvalue weighted by molar-refractivity contribution is -0.143. The summed E-state index contributed by atoms with van der Waals surface area (Å²) in [4.78, 5) is 11.4. The topological polar surface area (TPSA) is 47.6 Å². The minimum atomic E-state index is -0.152. The lowest BCUT2D eigenvalue weighted by Crippen LogP contribution is -2.43. The number of ether oxygens (including phenoxy) is 2. The Balaban J connectivity index is 2.28. The van der Waals surface area contributed by atoms with Crippen molar-refractivity contribution in [1.82, 2.24) is 5.32 Å². The lowest BCUT2D eigenvalue weighted by Gasteiger charge is -2.18. The molecule has 88 valence electrons. The number of hydrogen-bond donors (Lipinski definition) is 1. The van der Waals surface area contributed by atoms with Crippen molar-refractivity contribution >= 4 is 5.97 Å². The summed E-state index contributed by atoms with van der Waals surface area (Å²) in [6.07, 6.45) is 2.38. The number of carbonyl (C=O) groups excluding carboxylic acids is 1. The minimum Gasteiger partial charge on any atom is -0.468 e. The van der Waals surface area contributed by atoms with Crippen molar-refractivity contribution in [3.05, 3.63) is 0 Å². The van der Waals surface area contributed by atoms with Gasteiger partial charge in [-0.15, -0.1) is 0 Å². The summed E-state index contributed by atoms with van der Waals surface area (Å²) in [5.74, 6) is 0.312. The van der Waals surface area contributed by atoms with Gasteiger partial charge in [0.15, 0.2) is 0 Å². The van der Waals surface area contributed by atoms with E-state index in [1.807, 2.05) is 13.8 Å². The van der Waals surface area contributed by atoms with Crippen LogP contribution in [0.2, 0.25) is 0 Å². The van der Waals surface area contributed by atoms with E-state index in [1.165, 1.54) is 7.11 Å². The van der Waals surface area contributed by atoms with Gasteiger partial charge in [-0.05, 0) is 32.6 Å². The number of hydrogen-bond acceptors (Lipinski definition) is 4. The second-order valence-corrected chi connectivity index (χ2v) is 4.01. The van der Waals surface area contributed by atoms with Crippen LogP contribution in [0.25, 0.3) is 0 Å². The summed E-state index contributed by atoms with van der Waals surface area (Å²) >= 11 is 0. The average Bonchev–Trinajstić information content (AvgIpc) is 3.02. The number of rotatable bonds is 7. The molecule has 0 heterocycles. The molecule has 1 aliphatic carbocycles. The van der Waals surface area contributed by atoms with Gasteiger partial charge in [0.1, 0.15) is 6.04 Å². The highest BCUT2D eigenvalue weighted by atomic mass is 16.5. The zero-order valence-corrected chi connectivity index (χ0v) is 9.79. The summed E-state index contributed by atoms with van der Waals surface area (Å²) in [5.41, 5.74) is 0. The van der Waals surface area contributed by atoms with Gasteiger partial charge in [-0.3, -0.25) is 4.79 Å². The first kappa shape index (κ1) is 12.5. The standard InChI is InChI=1S/C11H21NO3/c1-4-15-8(2)7-12-10(9-5-6-9)11(13)14-3/h8-10,12H,4-7H2,1-3H3. The van der Waals surface area contributed by atoms with E-state index < -0.39 is 0 Å². The van der Waals surface area contributed by atoms with Crippen LogP contribution in [-0.4, -0.2) is 38.4 Å². The van der Waals surface area contributed by atoms with Gasteiger partial charge in [-0.1, -0.05) is 0 Å². The smallest absolute Gasteiger partial charge is 0.323 e. The van der Waals surface area contributed by atoms with Gasteiger partial charge in [0, 0.05) is 13.2 Å². The van der Waals surface area contributed by atoms with Crippen molar-refractivity contribution in [2.24, 2.45) is 5.92 Å². The van der Waals surface area contributed by atoms with Crippen LogP contribution in [0.4, 0.5) is 0 Å². The van der Waals surface area contributed by atoms with Gasteiger partial charge < -0.3 is 14.8 Å². The van der Waals surface area contributed by atoms with Crippen LogP contribution in [0.1, 0.15) is 26.7 Å². The van der Waals surface area contributed by atoms with Crippen molar-refractivity contribution in [3.63, 3.8) is 0 Å². The van der Waals surface area contributed by atoms with E-state index in [2.05, 4.69) is 5.32 Å². The second kappa shape index (κ2) is 6.08. The van der Waals surface area contributed by atoms with Gasteiger partial charge in [0.2, 0.25) is 0 Å². The van der Waals surface area contributed by atoms with Crippen molar-refractivity contribution in [2.75, 3.05) is 20.3 Å². The normalized spacial score (nSPS) is 19.7. The van der Waals surface area contributed by atoms with E-state index in [1.54, 1.807) is 0 Å². The van der Waals surface area contributed by atoms with Crippen LogP contribution in [-0.2, 0) is 14.3 Å². The molecule has 4 heteroatoms. The third kappa shape index (κ3) is 4.18. The summed E-state index contributed by atoms with van der Waals surface area (Å²) in [6, 6.07) is -0.141. The van der Waals surface area contributed by atoms with Crippen LogP contribution in [0.15, 0.2) is 0 Å². The van der Waals surface area contributed by atoms with Crippen LogP contribution in [0.5, 0.6) is 0 Å². The van der Waals surface area contributed by atoms with Gasteiger partial charge in [0.25, 0.3) is 0 Å². The molecule has 0 aromatic rings. The Morgan fingerprint density at radius 1 is 1.53 bits per heavy atom. The Bertz CT molecular complexity index is 204. The number of carbonyl (C=O) groups is 1. The van der Waals surface area contributed by atoms with E-state index in [0.29, 0.717) is 19.1 Å². The quantitative estimate of drug-likeness (QED) is 0.642. The van der Waals surface area contributed by atoms with E-state index in [4.69, 9.17) is 9.47 Å². The Labute approximate surface area is 91.3 Å².